The van der Waals surface area contributed by atoms with Gasteiger partial charge < -0.3 is 9.64 Å². The number of carbonyl (C=O) groups excluding carboxylic acids is 1. The molecule has 5 heterocycles. The Morgan fingerprint density at radius 1 is 0.935 bits per heavy atom. The van der Waals surface area contributed by atoms with Crippen LogP contribution in [0.1, 0.15) is 23.3 Å². The number of carbonyl (C=O) groups is 1. The number of likely N-dealkylation sites (tertiary alicyclic amines) is 1. The number of aromatic nitrogens is 4. The smallest absolute Gasteiger partial charge is 0.272 e. The van der Waals surface area contributed by atoms with Crippen molar-refractivity contribution in [2.45, 2.75) is 18.9 Å². The first kappa shape index (κ1) is 19.1. The minimum atomic E-state index is -0.0613. The van der Waals surface area contributed by atoms with Gasteiger partial charge >= 0.3 is 0 Å². The number of hydrogen-bond acceptors (Lipinski definition) is 6. The molecule has 0 atom stereocenters. The molecule has 7 heteroatoms. The predicted molar refractivity (Wildman–Crippen MR) is 117 cm³/mol. The number of piperidine rings is 1. The number of fused-ring (bicyclic) bond motifs is 1. The van der Waals surface area contributed by atoms with Crippen molar-refractivity contribution in [3.63, 3.8) is 0 Å². The second-order valence-electron chi connectivity index (χ2n) is 7.48. The molecule has 1 fully saturated rings. The van der Waals surface area contributed by atoms with E-state index >= 15 is 0 Å². The van der Waals surface area contributed by atoms with Crippen LogP contribution in [0.2, 0.25) is 0 Å². The Labute approximate surface area is 179 Å². The van der Waals surface area contributed by atoms with E-state index in [1.54, 1.807) is 37.2 Å². The summed E-state index contributed by atoms with van der Waals surface area (Å²) in [5, 5.41) is 0.911. The quantitative estimate of drug-likeness (QED) is 0.509. The van der Waals surface area contributed by atoms with Crippen molar-refractivity contribution in [1.29, 1.82) is 0 Å². The molecular weight excluding hydrogens is 390 g/mol. The lowest BCUT2D eigenvalue weighted by atomic mass is 10.0. The summed E-state index contributed by atoms with van der Waals surface area (Å²) in [6.45, 7) is 1.26. The van der Waals surface area contributed by atoms with Crippen molar-refractivity contribution in [3.05, 3.63) is 79.3 Å². The minimum absolute atomic E-state index is 0.0613. The maximum Gasteiger partial charge on any atom is 0.272 e. The van der Waals surface area contributed by atoms with Crippen LogP contribution in [0, 0.1) is 0 Å². The van der Waals surface area contributed by atoms with Crippen molar-refractivity contribution in [3.8, 4) is 16.9 Å². The molecule has 4 aromatic rings. The second-order valence-corrected chi connectivity index (χ2v) is 7.48. The molecular formula is C24H21N5O2. The standard InChI is InChI=1S/C24H21N5O2/c30-24(29-12-6-18(7-13-29)31-19-2-1-8-26-15-19)23-14-20(17-3-9-25-10-4-17)21-16-27-11-5-22(21)28-23/h1-5,8-11,14-16,18H,6-7,12-13H2. The highest BCUT2D eigenvalue weighted by Crippen LogP contribution is 2.28. The zero-order chi connectivity index (χ0) is 21.0. The van der Waals surface area contributed by atoms with Crippen molar-refractivity contribution in [2.75, 3.05) is 13.1 Å². The first-order chi connectivity index (χ1) is 15.3. The van der Waals surface area contributed by atoms with Crippen molar-refractivity contribution < 1.29 is 9.53 Å². The third-order valence-electron chi connectivity index (χ3n) is 5.49. The average Bonchev–Trinajstić information content (AvgIpc) is 2.84. The summed E-state index contributed by atoms with van der Waals surface area (Å²) in [6, 6.07) is 11.3. The summed E-state index contributed by atoms with van der Waals surface area (Å²) < 4.78 is 5.99. The summed E-state index contributed by atoms with van der Waals surface area (Å²) in [5.74, 6) is 0.702. The molecule has 0 aliphatic carbocycles. The summed E-state index contributed by atoms with van der Waals surface area (Å²) >= 11 is 0. The Morgan fingerprint density at radius 2 is 1.71 bits per heavy atom. The van der Waals surface area contributed by atoms with Gasteiger partial charge in [0.05, 0.1) is 11.7 Å². The summed E-state index contributed by atoms with van der Waals surface area (Å²) in [5.41, 5.74) is 3.10. The highest BCUT2D eigenvalue weighted by atomic mass is 16.5. The number of amides is 1. The van der Waals surface area contributed by atoms with Gasteiger partial charge in [-0.1, -0.05) is 0 Å². The highest BCUT2D eigenvalue weighted by Gasteiger charge is 2.26. The number of pyridine rings is 4. The largest absolute Gasteiger partial charge is 0.489 e. The Kier molecular flexibility index (Phi) is 5.22. The Balaban J connectivity index is 1.37. The normalized spacial score (nSPS) is 14.5. The molecule has 1 aliphatic rings. The maximum absolute atomic E-state index is 13.3. The SMILES string of the molecule is O=C(c1cc(-c2ccncc2)c2cnccc2n1)N1CCC(Oc2cccnc2)CC1. The molecule has 0 saturated carbocycles. The van der Waals surface area contributed by atoms with Gasteiger partial charge in [0.15, 0.2) is 0 Å². The zero-order valence-electron chi connectivity index (χ0n) is 16.9. The van der Waals surface area contributed by atoms with E-state index in [4.69, 9.17) is 4.74 Å². The lowest BCUT2D eigenvalue weighted by molar-refractivity contribution is 0.0590. The monoisotopic (exact) mass is 411 g/mol. The van der Waals surface area contributed by atoms with E-state index in [-0.39, 0.29) is 12.0 Å². The molecule has 154 valence electrons. The molecule has 0 N–H and O–H groups in total. The minimum Gasteiger partial charge on any atom is -0.489 e. The summed E-state index contributed by atoms with van der Waals surface area (Å²) in [4.78, 5) is 32.2. The molecule has 0 spiro atoms. The van der Waals surface area contributed by atoms with Gasteiger partial charge in [-0.3, -0.25) is 19.7 Å². The van der Waals surface area contributed by atoms with Crippen LogP contribution in [0.3, 0.4) is 0 Å². The maximum atomic E-state index is 13.3. The Hall–Kier alpha value is -3.87. The molecule has 0 aromatic carbocycles. The summed E-state index contributed by atoms with van der Waals surface area (Å²) in [6.07, 6.45) is 12.0. The van der Waals surface area contributed by atoms with E-state index < -0.39 is 0 Å². The van der Waals surface area contributed by atoms with Crippen LogP contribution in [-0.2, 0) is 0 Å². The van der Waals surface area contributed by atoms with E-state index in [0.29, 0.717) is 18.8 Å². The van der Waals surface area contributed by atoms with Crippen LogP contribution in [0.5, 0.6) is 5.75 Å². The molecule has 1 saturated heterocycles. The third kappa shape index (κ3) is 4.07. The number of nitrogens with zero attached hydrogens (tertiary/aromatic N) is 5. The average molecular weight is 411 g/mol. The molecule has 4 aromatic heterocycles. The van der Waals surface area contributed by atoms with Crippen molar-refractivity contribution >= 4 is 16.8 Å². The van der Waals surface area contributed by atoms with Crippen molar-refractivity contribution in [1.82, 2.24) is 24.8 Å². The van der Waals surface area contributed by atoms with Gasteiger partial charge in [-0.15, -0.1) is 0 Å². The predicted octanol–water partition coefficient (Wildman–Crippen LogP) is 3.77. The van der Waals surface area contributed by atoms with Crippen LogP contribution >= 0.6 is 0 Å². The van der Waals surface area contributed by atoms with E-state index in [0.717, 1.165) is 40.6 Å². The molecule has 0 radical (unpaired) electrons. The van der Waals surface area contributed by atoms with E-state index in [1.165, 1.54) is 0 Å². The first-order valence-electron chi connectivity index (χ1n) is 10.3. The van der Waals surface area contributed by atoms with Gasteiger partial charge in [0.25, 0.3) is 5.91 Å². The third-order valence-corrected chi connectivity index (χ3v) is 5.49. The highest BCUT2D eigenvalue weighted by molar-refractivity contribution is 6.01. The van der Waals surface area contributed by atoms with E-state index in [1.807, 2.05) is 41.3 Å². The molecule has 0 bridgehead atoms. The molecule has 7 nitrogen and oxygen atoms in total. The van der Waals surface area contributed by atoms with Crippen LogP contribution in [0.15, 0.2) is 73.6 Å². The zero-order valence-corrected chi connectivity index (χ0v) is 16.9. The van der Waals surface area contributed by atoms with Crippen LogP contribution in [0.25, 0.3) is 22.0 Å². The number of ether oxygens (including phenoxy) is 1. The first-order valence-corrected chi connectivity index (χ1v) is 10.3. The molecule has 31 heavy (non-hydrogen) atoms. The van der Waals surface area contributed by atoms with Gasteiger partial charge in [0.1, 0.15) is 17.5 Å². The molecule has 5 rings (SSSR count). The van der Waals surface area contributed by atoms with Crippen molar-refractivity contribution in [2.24, 2.45) is 0 Å². The number of hydrogen-bond donors (Lipinski definition) is 0. The van der Waals surface area contributed by atoms with Gasteiger partial charge in [-0.05, 0) is 47.5 Å². The summed E-state index contributed by atoms with van der Waals surface area (Å²) in [7, 11) is 0. The Morgan fingerprint density at radius 3 is 2.48 bits per heavy atom. The van der Waals surface area contributed by atoms with Crippen LogP contribution < -0.4 is 4.74 Å². The molecule has 1 aliphatic heterocycles. The van der Waals surface area contributed by atoms with Gasteiger partial charge in [-0.25, -0.2) is 4.98 Å². The molecule has 0 unspecified atom stereocenters. The molecule has 1 amide bonds. The van der Waals surface area contributed by atoms with Gasteiger partial charge in [0, 0.05) is 62.3 Å². The second kappa shape index (κ2) is 8.47. The Bertz CT molecular complexity index is 1190. The van der Waals surface area contributed by atoms with Crippen LogP contribution in [-0.4, -0.2) is 49.9 Å². The topological polar surface area (TPSA) is 81.1 Å². The fraction of sp³-hybridized carbons (Fsp3) is 0.208. The van der Waals surface area contributed by atoms with E-state index in [2.05, 4.69) is 19.9 Å². The van der Waals surface area contributed by atoms with Gasteiger partial charge in [0.2, 0.25) is 0 Å². The van der Waals surface area contributed by atoms with E-state index in [9.17, 15) is 4.79 Å². The lowest BCUT2D eigenvalue weighted by Crippen LogP contribution is -2.42. The fourth-order valence-corrected chi connectivity index (χ4v) is 3.90. The lowest BCUT2D eigenvalue weighted by Gasteiger charge is -2.32. The fourth-order valence-electron chi connectivity index (χ4n) is 3.90. The van der Waals surface area contributed by atoms with Gasteiger partial charge in [-0.2, -0.15) is 0 Å². The van der Waals surface area contributed by atoms with Crippen LogP contribution in [0.4, 0.5) is 0 Å². The number of rotatable bonds is 4.